The van der Waals surface area contributed by atoms with Crippen LogP contribution in [-0.2, 0) is 19.7 Å². The van der Waals surface area contributed by atoms with Crippen LogP contribution in [-0.4, -0.2) is 19.1 Å². The number of nitrogens with one attached hydrogen (secondary N) is 1. The van der Waals surface area contributed by atoms with Crippen molar-refractivity contribution in [1.82, 2.24) is 19.1 Å². The number of rotatable bonds is 8. The quantitative estimate of drug-likeness (QED) is 0.354. The number of hydrogen-bond donors (Lipinski definition) is 1. The van der Waals surface area contributed by atoms with Gasteiger partial charge in [-0.05, 0) is 31.0 Å². The van der Waals surface area contributed by atoms with Gasteiger partial charge in [0.05, 0.1) is 10.9 Å². The number of ether oxygens (including phenoxy) is 1. The molecule has 1 N–H and O–H groups in total. The summed E-state index contributed by atoms with van der Waals surface area (Å²) in [5, 5.41) is 0.455. The molecule has 5 rings (SSSR count). The number of fused-ring (bicyclic) bond motifs is 2. The molecule has 9 heteroatoms. The Kier molecular flexibility index (Phi) is 6.28. The van der Waals surface area contributed by atoms with E-state index in [-0.39, 0.29) is 12.0 Å². The second kappa shape index (κ2) is 9.69. The Bertz CT molecular complexity index is 1730. The highest BCUT2D eigenvalue weighted by Gasteiger charge is 2.18. The molecule has 0 aliphatic heterocycles. The molecule has 36 heavy (non-hydrogen) atoms. The number of H-pyrrole nitrogens is 1. The van der Waals surface area contributed by atoms with Gasteiger partial charge in [0.2, 0.25) is 0 Å². The summed E-state index contributed by atoms with van der Waals surface area (Å²) in [6.45, 7) is 4.96. The highest BCUT2D eigenvalue weighted by Crippen LogP contribution is 2.24. The normalized spacial score (nSPS) is 11.4. The van der Waals surface area contributed by atoms with Gasteiger partial charge >= 0.3 is 5.69 Å². The highest BCUT2D eigenvalue weighted by atomic mass is 16.5. The molecule has 0 saturated carbocycles. The standard InChI is InChI=1S/C27H26N4O5/c1-3-5-13-31-25-23(26(33)29-27(31)34)30(4-2)22(28-25)16-35-18-11-12-19-21(14-18)36-15-20(24(19)32)17-9-7-6-8-10-17/h6-12,14-15H,3-5,13,16H2,1-2H3,(H,29,33,34). The lowest BCUT2D eigenvalue weighted by Crippen LogP contribution is -2.31. The van der Waals surface area contributed by atoms with Crippen LogP contribution in [0.3, 0.4) is 0 Å². The Balaban J connectivity index is 1.47. The van der Waals surface area contributed by atoms with Gasteiger partial charge in [-0.15, -0.1) is 0 Å². The van der Waals surface area contributed by atoms with Gasteiger partial charge in [-0.25, -0.2) is 9.78 Å². The molecular weight excluding hydrogens is 460 g/mol. The molecule has 0 bridgehead atoms. The summed E-state index contributed by atoms with van der Waals surface area (Å²) in [6.07, 6.45) is 3.16. The minimum atomic E-state index is -0.468. The van der Waals surface area contributed by atoms with Crippen molar-refractivity contribution >= 4 is 22.1 Å². The zero-order valence-electron chi connectivity index (χ0n) is 20.1. The maximum absolute atomic E-state index is 13.0. The Morgan fingerprint density at radius 3 is 2.58 bits per heavy atom. The van der Waals surface area contributed by atoms with E-state index in [0.717, 1.165) is 18.4 Å². The van der Waals surface area contributed by atoms with E-state index in [0.29, 0.717) is 52.4 Å². The Morgan fingerprint density at radius 1 is 1.03 bits per heavy atom. The number of aromatic amines is 1. The van der Waals surface area contributed by atoms with E-state index in [1.54, 1.807) is 22.8 Å². The number of unbranched alkanes of at least 4 members (excludes halogenated alkanes) is 1. The largest absolute Gasteiger partial charge is 0.486 e. The first-order valence-electron chi connectivity index (χ1n) is 12.0. The van der Waals surface area contributed by atoms with Gasteiger partial charge < -0.3 is 13.7 Å². The van der Waals surface area contributed by atoms with Gasteiger partial charge in [0.25, 0.3) is 5.56 Å². The Labute approximate surface area is 205 Å². The molecule has 0 radical (unpaired) electrons. The molecule has 5 aromatic rings. The fourth-order valence-corrected chi connectivity index (χ4v) is 4.36. The van der Waals surface area contributed by atoms with Crippen molar-refractivity contribution in [2.75, 3.05) is 0 Å². The molecule has 3 aromatic heterocycles. The number of imidazole rings is 1. The van der Waals surface area contributed by atoms with Gasteiger partial charge in [0, 0.05) is 19.2 Å². The maximum Gasteiger partial charge on any atom is 0.330 e. The molecule has 0 aliphatic carbocycles. The monoisotopic (exact) mass is 486 g/mol. The zero-order valence-corrected chi connectivity index (χ0v) is 20.1. The van der Waals surface area contributed by atoms with E-state index in [2.05, 4.69) is 9.97 Å². The molecule has 184 valence electrons. The summed E-state index contributed by atoms with van der Waals surface area (Å²) in [5.41, 5.74) is 1.35. The van der Waals surface area contributed by atoms with Gasteiger partial charge in [-0.3, -0.25) is 19.1 Å². The van der Waals surface area contributed by atoms with E-state index < -0.39 is 11.2 Å². The summed E-state index contributed by atoms with van der Waals surface area (Å²) in [7, 11) is 0. The topological polar surface area (TPSA) is 112 Å². The predicted octanol–water partition coefficient (Wildman–Crippen LogP) is 4.06. The highest BCUT2D eigenvalue weighted by molar-refractivity contribution is 5.82. The zero-order chi connectivity index (χ0) is 25.2. The van der Waals surface area contributed by atoms with Crippen molar-refractivity contribution in [1.29, 1.82) is 0 Å². The Hall–Kier alpha value is -4.40. The van der Waals surface area contributed by atoms with Crippen LogP contribution in [0.5, 0.6) is 5.75 Å². The van der Waals surface area contributed by atoms with Crippen LogP contribution >= 0.6 is 0 Å². The maximum atomic E-state index is 13.0. The molecule has 9 nitrogen and oxygen atoms in total. The van der Waals surface area contributed by atoms with Gasteiger partial charge in [0.15, 0.2) is 16.6 Å². The smallest absolute Gasteiger partial charge is 0.330 e. The molecule has 0 fully saturated rings. The number of aryl methyl sites for hydroxylation is 2. The fraction of sp³-hybridized carbons (Fsp3) is 0.259. The molecule has 0 spiro atoms. The van der Waals surface area contributed by atoms with Gasteiger partial charge in [-0.2, -0.15) is 0 Å². The molecule has 0 atom stereocenters. The van der Waals surface area contributed by atoms with E-state index in [1.165, 1.54) is 10.8 Å². The molecule has 0 amide bonds. The summed E-state index contributed by atoms with van der Waals surface area (Å²) in [5.74, 6) is 1.01. The minimum absolute atomic E-state index is 0.0712. The van der Waals surface area contributed by atoms with Crippen molar-refractivity contribution in [3.05, 3.63) is 91.7 Å². The van der Waals surface area contributed by atoms with Crippen LogP contribution in [0.4, 0.5) is 0 Å². The number of hydrogen-bond acceptors (Lipinski definition) is 6. The van der Waals surface area contributed by atoms with Crippen LogP contribution in [0.2, 0.25) is 0 Å². The van der Waals surface area contributed by atoms with E-state index >= 15 is 0 Å². The van der Waals surface area contributed by atoms with Crippen LogP contribution in [0.15, 0.2) is 73.6 Å². The molecule has 2 aromatic carbocycles. The summed E-state index contributed by atoms with van der Waals surface area (Å²) in [4.78, 5) is 45.0. The lowest BCUT2D eigenvalue weighted by Gasteiger charge is -2.09. The van der Waals surface area contributed by atoms with Crippen molar-refractivity contribution in [2.24, 2.45) is 0 Å². The average Bonchev–Trinajstić information content (AvgIpc) is 3.27. The second-order valence-electron chi connectivity index (χ2n) is 8.50. The average molecular weight is 487 g/mol. The first-order chi connectivity index (χ1) is 17.5. The van der Waals surface area contributed by atoms with Crippen LogP contribution in [0, 0.1) is 0 Å². The molecule has 3 heterocycles. The molecule has 0 saturated heterocycles. The first-order valence-corrected chi connectivity index (χ1v) is 12.0. The van der Waals surface area contributed by atoms with E-state index in [1.807, 2.05) is 44.2 Å². The fourth-order valence-electron chi connectivity index (χ4n) is 4.36. The lowest BCUT2D eigenvalue weighted by molar-refractivity contribution is 0.290. The summed E-state index contributed by atoms with van der Waals surface area (Å²) in [6, 6.07) is 14.4. The van der Waals surface area contributed by atoms with Crippen molar-refractivity contribution in [3.8, 4) is 16.9 Å². The van der Waals surface area contributed by atoms with Crippen molar-refractivity contribution < 1.29 is 9.15 Å². The van der Waals surface area contributed by atoms with Crippen LogP contribution < -0.4 is 21.4 Å². The predicted molar refractivity (Wildman–Crippen MR) is 137 cm³/mol. The van der Waals surface area contributed by atoms with E-state index in [4.69, 9.17) is 9.15 Å². The summed E-state index contributed by atoms with van der Waals surface area (Å²) >= 11 is 0. The third-order valence-electron chi connectivity index (χ3n) is 6.21. The molecular formula is C27H26N4O5. The van der Waals surface area contributed by atoms with Crippen molar-refractivity contribution in [2.45, 2.75) is 46.4 Å². The number of aromatic nitrogens is 4. The SMILES string of the molecule is CCCCn1c(=O)[nH]c(=O)c2c1nc(COc1ccc3c(=O)c(-c4ccccc4)coc3c1)n2CC. The van der Waals surface area contributed by atoms with Crippen LogP contribution in [0.25, 0.3) is 33.3 Å². The van der Waals surface area contributed by atoms with E-state index in [9.17, 15) is 14.4 Å². The third-order valence-corrected chi connectivity index (χ3v) is 6.21. The summed E-state index contributed by atoms with van der Waals surface area (Å²) < 4.78 is 15.0. The van der Waals surface area contributed by atoms with Gasteiger partial charge in [-0.1, -0.05) is 43.7 Å². The molecule has 0 aliphatic rings. The molecule has 0 unspecified atom stereocenters. The Morgan fingerprint density at radius 2 is 1.83 bits per heavy atom. The lowest BCUT2D eigenvalue weighted by atomic mass is 10.1. The third kappa shape index (κ3) is 4.13. The number of benzene rings is 2. The van der Waals surface area contributed by atoms with Crippen molar-refractivity contribution in [3.63, 3.8) is 0 Å². The number of nitrogens with zero attached hydrogens (tertiary/aromatic N) is 3. The minimum Gasteiger partial charge on any atom is -0.486 e. The second-order valence-corrected chi connectivity index (χ2v) is 8.50. The van der Waals surface area contributed by atoms with Crippen LogP contribution in [0.1, 0.15) is 32.5 Å². The first kappa shape index (κ1) is 23.3. The van der Waals surface area contributed by atoms with Gasteiger partial charge in [0.1, 0.15) is 30.0 Å².